The highest BCUT2D eigenvalue weighted by Gasteiger charge is 2.09. The normalized spacial score (nSPS) is 10.6. The maximum atomic E-state index is 12.0. The standard InChI is InChI=1S/C18H18N4OS2/c1-2-4-13-5-7-14(8-6-13)15-11-24-18(21-15)22-16(23)12-25-17-19-9-3-10-20-17/h3,5-11H,2,4,12H2,1H3,(H,21,22,23). The fraction of sp³-hybridized carbons (Fsp3) is 0.222. The minimum Gasteiger partial charge on any atom is -0.301 e. The molecule has 0 bridgehead atoms. The number of carbonyl (C=O) groups excluding carboxylic acids is 1. The van der Waals surface area contributed by atoms with Gasteiger partial charge in [0.15, 0.2) is 10.3 Å². The van der Waals surface area contributed by atoms with Gasteiger partial charge in [-0.25, -0.2) is 15.0 Å². The van der Waals surface area contributed by atoms with Crippen molar-refractivity contribution in [1.29, 1.82) is 0 Å². The van der Waals surface area contributed by atoms with E-state index in [1.165, 1.54) is 28.7 Å². The van der Waals surface area contributed by atoms with Gasteiger partial charge in [0.05, 0.1) is 11.4 Å². The minimum atomic E-state index is -0.114. The number of benzene rings is 1. The zero-order valence-corrected chi connectivity index (χ0v) is 15.4. The highest BCUT2D eigenvalue weighted by Crippen LogP contribution is 2.25. The summed E-state index contributed by atoms with van der Waals surface area (Å²) in [6, 6.07) is 10.2. The molecule has 0 saturated heterocycles. The number of aromatic nitrogens is 3. The lowest BCUT2D eigenvalue weighted by Crippen LogP contribution is -2.14. The topological polar surface area (TPSA) is 67.8 Å². The number of hydrogen-bond acceptors (Lipinski definition) is 6. The monoisotopic (exact) mass is 370 g/mol. The molecule has 2 heterocycles. The van der Waals surface area contributed by atoms with Crippen LogP contribution in [0.3, 0.4) is 0 Å². The van der Waals surface area contributed by atoms with Crippen molar-refractivity contribution in [3.05, 3.63) is 53.7 Å². The lowest BCUT2D eigenvalue weighted by atomic mass is 10.1. The van der Waals surface area contributed by atoms with Crippen LogP contribution in [-0.4, -0.2) is 26.6 Å². The Kier molecular flexibility index (Phi) is 6.14. The lowest BCUT2D eigenvalue weighted by molar-refractivity contribution is -0.113. The number of hydrogen-bond donors (Lipinski definition) is 1. The van der Waals surface area contributed by atoms with Crippen LogP contribution in [0.15, 0.2) is 53.3 Å². The molecule has 0 aliphatic carbocycles. The third-order valence-electron chi connectivity index (χ3n) is 3.41. The number of amides is 1. The molecule has 0 atom stereocenters. The molecule has 1 aromatic carbocycles. The summed E-state index contributed by atoms with van der Waals surface area (Å²) >= 11 is 2.73. The molecule has 1 N–H and O–H groups in total. The summed E-state index contributed by atoms with van der Waals surface area (Å²) < 4.78 is 0. The van der Waals surface area contributed by atoms with Gasteiger partial charge in [-0.15, -0.1) is 11.3 Å². The van der Waals surface area contributed by atoms with Crippen LogP contribution in [0.25, 0.3) is 11.3 Å². The molecule has 0 aliphatic heterocycles. The second-order valence-electron chi connectivity index (χ2n) is 5.35. The first-order valence-corrected chi connectivity index (χ1v) is 9.85. The largest absolute Gasteiger partial charge is 0.301 e. The first-order chi connectivity index (χ1) is 12.2. The minimum absolute atomic E-state index is 0.114. The zero-order chi connectivity index (χ0) is 17.5. The number of anilines is 1. The second kappa shape index (κ2) is 8.73. The molecule has 7 heteroatoms. The summed E-state index contributed by atoms with van der Waals surface area (Å²) in [7, 11) is 0. The van der Waals surface area contributed by atoms with E-state index in [2.05, 4.69) is 51.5 Å². The predicted octanol–water partition coefficient (Wildman–Crippen LogP) is 4.28. The first kappa shape index (κ1) is 17.6. The van der Waals surface area contributed by atoms with E-state index in [9.17, 15) is 4.79 Å². The Labute approximate surface area is 155 Å². The Morgan fingerprint density at radius 1 is 1.20 bits per heavy atom. The van der Waals surface area contributed by atoms with Crippen LogP contribution in [-0.2, 0) is 11.2 Å². The van der Waals surface area contributed by atoms with Gasteiger partial charge in [0.25, 0.3) is 0 Å². The average molecular weight is 371 g/mol. The number of thioether (sulfide) groups is 1. The SMILES string of the molecule is CCCc1ccc(-c2csc(NC(=O)CSc3ncccn3)n2)cc1. The van der Waals surface area contributed by atoms with Crippen LogP contribution in [0.1, 0.15) is 18.9 Å². The van der Waals surface area contributed by atoms with Crippen molar-refractivity contribution < 1.29 is 4.79 Å². The van der Waals surface area contributed by atoms with Crippen molar-refractivity contribution in [2.45, 2.75) is 24.9 Å². The molecule has 2 aromatic heterocycles. The van der Waals surface area contributed by atoms with E-state index < -0.39 is 0 Å². The summed E-state index contributed by atoms with van der Waals surface area (Å²) in [5, 5.41) is 5.97. The summed E-state index contributed by atoms with van der Waals surface area (Å²) in [4.78, 5) is 24.7. The maximum Gasteiger partial charge on any atom is 0.236 e. The Hall–Kier alpha value is -2.25. The molecule has 0 aliphatic rings. The van der Waals surface area contributed by atoms with Crippen molar-refractivity contribution in [3.8, 4) is 11.3 Å². The van der Waals surface area contributed by atoms with Gasteiger partial charge in [-0.3, -0.25) is 4.79 Å². The van der Waals surface area contributed by atoms with E-state index in [4.69, 9.17) is 0 Å². The Balaban J connectivity index is 1.56. The van der Waals surface area contributed by atoms with Crippen LogP contribution in [0, 0.1) is 0 Å². The highest BCUT2D eigenvalue weighted by molar-refractivity contribution is 7.99. The quantitative estimate of drug-likeness (QED) is 0.496. The molecule has 0 unspecified atom stereocenters. The Morgan fingerprint density at radius 3 is 2.68 bits per heavy atom. The Morgan fingerprint density at radius 2 is 1.96 bits per heavy atom. The van der Waals surface area contributed by atoms with Gasteiger partial charge in [0.1, 0.15) is 0 Å². The van der Waals surface area contributed by atoms with Crippen LogP contribution >= 0.6 is 23.1 Å². The summed E-state index contributed by atoms with van der Waals surface area (Å²) in [6.45, 7) is 2.17. The molecule has 5 nitrogen and oxygen atoms in total. The van der Waals surface area contributed by atoms with Crippen molar-refractivity contribution in [2.75, 3.05) is 11.1 Å². The molecule has 3 aromatic rings. The molecule has 0 fully saturated rings. The van der Waals surface area contributed by atoms with Crippen LogP contribution in [0.2, 0.25) is 0 Å². The molecular formula is C18H18N4OS2. The lowest BCUT2D eigenvalue weighted by Gasteiger charge is -2.02. The molecular weight excluding hydrogens is 352 g/mol. The van der Waals surface area contributed by atoms with E-state index in [1.807, 2.05) is 5.38 Å². The third-order valence-corrected chi connectivity index (χ3v) is 5.05. The van der Waals surface area contributed by atoms with Crippen LogP contribution < -0.4 is 5.32 Å². The highest BCUT2D eigenvalue weighted by atomic mass is 32.2. The number of carbonyl (C=O) groups is 1. The van der Waals surface area contributed by atoms with Crippen LogP contribution in [0.5, 0.6) is 0 Å². The first-order valence-electron chi connectivity index (χ1n) is 7.99. The predicted molar refractivity (Wildman–Crippen MR) is 103 cm³/mol. The van der Waals surface area contributed by atoms with Gasteiger partial charge in [0.2, 0.25) is 5.91 Å². The van der Waals surface area contributed by atoms with Gasteiger partial charge in [-0.05, 0) is 18.1 Å². The average Bonchev–Trinajstić information content (AvgIpc) is 3.10. The van der Waals surface area contributed by atoms with Crippen molar-refractivity contribution in [3.63, 3.8) is 0 Å². The van der Waals surface area contributed by atoms with Gasteiger partial charge < -0.3 is 5.32 Å². The summed E-state index contributed by atoms with van der Waals surface area (Å²) in [6.07, 6.45) is 5.54. The maximum absolute atomic E-state index is 12.0. The van der Waals surface area contributed by atoms with Crippen molar-refractivity contribution in [1.82, 2.24) is 15.0 Å². The molecule has 25 heavy (non-hydrogen) atoms. The molecule has 0 radical (unpaired) electrons. The molecule has 0 saturated carbocycles. The van der Waals surface area contributed by atoms with Gasteiger partial charge in [-0.1, -0.05) is 49.4 Å². The number of nitrogens with one attached hydrogen (secondary N) is 1. The number of aryl methyl sites for hydroxylation is 1. The van der Waals surface area contributed by atoms with E-state index in [1.54, 1.807) is 18.5 Å². The number of nitrogens with zero attached hydrogens (tertiary/aromatic N) is 3. The van der Waals surface area contributed by atoms with Crippen LogP contribution in [0.4, 0.5) is 5.13 Å². The second-order valence-corrected chi connectivity index (χ2v) is 7.15. The van der Waals surface area contributed by atoms with E-state index in [0.29, 0.717) is 10.3 Å². The fourth-order valence-electron chi connectivity index (χ4n) is 2.24. The molecule has 0 spiro atoms. The van der Waals surface area contributed by atoms with Gasteiger partial charge in [-0.2, -0.15) is 0 Å². The molecule has 3 rings (SSSR count). The summed E-state index contributed by atoms with van der Waals surface area (Å²) in [5.41, 5.74) is 3.27. The number of rotatable bonds is 7. The third kappa shape index (κ3) is 5.11. The van der Waals surface area contributed by atoms with Crippen molar-refractivity contribution >= 4 is 34.1 Å². The zero-order valence-electron chi connectivity index (χ0n) is 13.8. The summed E-state index contributed by atoms with van der Waals surface area (Å²) in [5.74, 6) is 0.140. The van der Waals surface area contributed by atoms with Gasteiger partial charge >= 0.3 is 0 Å². The smallest absolute Gasteiger partial charge is 0.236 e. The van der Waals surface area contributed by atoms with Crippen molar-refractivity contribution in [2.24, 2.45) is 0 Å². The fourth-order valence-corrected chi connectivity index (χ4v) is 3.58. The number of thiazole rings is 1. The van der Waals surface area contributed by atoms with E-state index in [0.717, 1.165) is 24.1 Å². The Bertz CT molecular complexity index is 819. The molecule has 128 valence electrons. The van der Waals surface area contributed by atoms with E-state index >= 15 is 0 Å². The van der Waals surface area contributed by atoms with E-state index in [-0.39, 0.29) is 11.7 Å². The van der Waals surface area contributed by atoms with Gasteiger partial charge in [0, 0.05) is 23.3 Å². The molecule has 1 amide bonds.